The lowest BCUT2D eigenvalue weighted by atomic mass is 9.34. The molecule has 422 valence electrons. The summed E-state index contributed by atoms with van der Waals surface area (Å²) in [6, 6.07) is 123. The maximum atomic E-state index is 2.65. The molecule has 19 rings (SSSR count). The minimum absolute atomic E-state index is 0.115. The predicted octanol–water partition coefficient (Wildman–Crippen LogP) is 22.2. The first-order valence-corrected chi connectivity index (χ1v) is 32.2. The quantitative estimate of drug-likeness (QED) is 0.0997. The van der Waals surface area contributed by atoms with Crippen molar-refractivity contribution in [2.75, 3.05) is 14.7 Å². The monoisotopic (exact) mass is 1170 g/mol. The Bertz CT molecular complexity index is 5520. The topological polar surface area (TPSA) is 9.72 Å². The highest BCUT2D eigenvalue weighted by Crippen LogP contribution is 2.53. The molecule has 2 aliphatic rings. The van der Waals surface area contributed by atoms with Crippen LogP contribution in [0.15, 0.2) is 337 Å². The third kappa shape index (κ3) is 8.25. The third-order valence-electron chi connectivity index (χ3n) is 19.2. The van der Waals surface area contributed by atoms with Gasteiger partial charge >= 0.3 is 0 Å². The first kappa shape index (κ1) is 51.7. The SMILES string of the molecule is c1ccc(-c2cc3c4c(c2)N(c2c(-c5ccccc5)cccc2-c2ccccc2)c2cc(N(c5ccccc5)c5cc6ccc7cccc8ccc(c5)c6c78)ccc2B4c2ccc(N(c4ccccc4)c4cc5ccc6cccc7ccc(c4)c5c67)cc2S3)cc1. The zero-order chi connectivity index (χ0) is 59.7. The maximum absolute atomic E-state index is 2.65. The second kappa shape index (κ2) is 20.6. The zero-order valence-electron chi connectivity index (χ0n) is 49.5. The van der Waals surface area contributed by atoms with Gasteiger partial charge in [0, 0.05) is 66.4 Å². The van der Waals surface area contributed by atoms with Crippen LogP contribution in [-0.2, 0) is 0 Å². The second-order valence-electron chi connectivity index (χ2n) is 24.3. The van der Waals surface area contributed by atoms with Crippen molar-refractivity contribution in [3.63, 3.8) is 0 Å². The van der Waals surface area contributed by atoms with Crippen LogP contribution in [0.2, 0.25) is 0 Å². The first-order chi connectivity index (χ1) is 45.1. The predicted molar refractivity (Wildman–Crippen MR) is 389 cm³/mol. The Morgan fingerprint density at radius 1 is 0.253 bits per heavy atom. The standard InChI is InChI=1S/C86H54BN3S/c1-6-19-55(20-7-1)66-51-78-85-80(52-66)91-79-54-70(89(68-31-14-5-15-32-68)72-49-64-41-37-60-27-17-28-61-38-42-65(50-72)84(64)82(60)61)44-46-76(79)87(85)75-45-43-69(53-77(75)90(78)86-73(56-21-8-2-9-22-56)33-18-34-74(86)57-23-10-3-11-24-57)88(67-29-12-4-13-30-67)71-47-62-39-35-58-25-16-26-59-36-40-63(48-71)83(62)81(58)59/h1-54H. The van der Waals surface area contributed by atoms with Crippen LogP contribution >= 0.6 is 11.8 Å². The van der Waals surface area contributed by atoms with E-state index in [9.17, 15) is 0 Å². The normalized spacial score (nSPS) is 12.5. The van der Waals surface area contributed by atoms with Crippen LogP contribution in [0.1, 0.15) is 0 Å². The van der Waals surface area contributed by atoms with Crippen molar-refractivity contribution in [1.82, 2.24) is 0 Å². The summed E-state index contributed by atoms with van der Waals surface area (Å²) in [5.41, 5.74) is 20.8. The van der Waals surface area contributed by atoms with Crippen LogP contribution in [-0.4, -0.2) is 6.71 Å². The number of benzene rings is 17. The molecule has 17 aromatic carbocycles. The Morgan fingerprint density at radius 2 is 0.659 bits per heavy atom. The van der Waals surface area contributed by atoms with Gasteiger partial charge in [-0.1, -0.05) is 260 Å². The highest BCUT2D eigenvalue weighted by Gasteiger charge is 2.43. The summed E-state index contributed by atoms with van der Waals surface area (Å²) in [5.74, 6) is 0. The molecule has 0 aromatic heterocycles. The Morgan fingerprint density at radius 3 is 1.14 bits per heavy atom. The Balaban J connectivity index is 0.871. The number of fused-ring (bicyclic) bond motifs is 4. The Labute approximate surface area is 532 Å². The van der Waals surface area contributed by atoms with Gasteiger partial charge in [0.15, 0.2) is 0 Å². The third-order valence-corrected chi connectivity index (χ3v) is 20.4. The molecule has 0 atom stereocenters. The average Bonchev–Trinajstić information content (AvgIpc) is 0.860. The molecule has 0 saturated heterocycles. The fraction of sp³-hybridized carbons (Fsp3) is 0. The zero-order valence-corrected chi connectivity index (χ0v) is 50.3. The maximum Gasteiger partial charge on any atom is 0.249 e. The van der Waals surface area contributed by atoms with Crippen LogP contribution in [0.3, 0.4) is 0 Å². The molecule has 0 saturated carbocycles. The summed E-state index contributed by atoms with van der Waals surface area (Å²) >= 11 is 1.91. The van der Waals surface area contributed by atoms with E-state index in [2.05, 4.69) is 342 Å². The largest absolute Gasteiger partial charge is 0.310 e. The smallest absolute Gasteiger partial charge is 0.249 e. The van der Waals surface area contributed by atoms with E-state index in [0.717, 1.165) is 67.8 Å². The highest BCUT2D eigenvalue weighted by molar-refractivity contribution is 8.00. The van der Waals surface area contributed by atoms with Gasteiger partial charge in [-0.25, -0.2) is 0 Å². The van der Waals surface area contributed by atoms with Gasteiger partial charge in [-0.3, -0.25) is 0 Å². The lowest BCUT2D eigenvalue weighted by molar-refractivity contribution is 1.24. The number of hydrogen-bond acceptors (Lipinski definition) is 4. The molecule has 0 unspecified atom stereocenters. The van der Waals surface area contributed by atoms with Gasteiger partial charge in [0.25, 0.3) is 0 Å². The van der Waals surface area contributed by atoms with Gasteiger partial charge in [0.1, 0.15) is 0 Å². The molecular weight excluding hydrogens is 1120 g/mol. The van der Waals surface area contributed by atoms with Crippen LogP contribution in [0.5, 0.6) is 0 Å². The van der Waals surface area contributed by atoms with E-state index in [-0.39, 0.29) is 6.71 Å². The van der Waals surface area contributed by atoms with Crippen LogP contribution in [0, 0.1) is 0 Å². The second-order valence-corrected chi connectivity index (χ2v) is 25.4. The molecule has 2 heterocycles. The minimum Gasteiger partial charge on any atom is -0.310 e. The summed E-state index contributed by atoms with van der Waals surface area (Å²) in [7, 11) is 0. The molecule has 0 aliphatic carbocycles. The van der Waals surface area contributed by atoms with E-state index in [0.29, 0.717) is 0 Å². The number of rotatable bonds is 10. The van der Waals surface area contributed by atoms with Crippen molar-refractivity contribution in [3.8, 4) is 33.4 Å². The van der Waals surface area contributed by atoms with Crippen LogP contribution in [0.25, 0.3) is 98.0 Å². The summed E-state index contributed by atoms with van der Waals surface area (Å²) in [4.78, 5) is 10.1. The van der Waals surface area contributed by atoms with E-state index < -0.39 is 0 Å². The summed E-state index contributed by atoms with van der Waals surface area (Å²) in [5, 5.41) is 15.2. The van der Waals surface area contributed by atoms with E-state index in [1.54, 1.807) is 0 Å². The van der Waals surface area contributed by atoms with Crippen molar-refractivity contribution in [2.24, 2.45) is 0 Å². The lowest BCUT2D eigenvalue weighted by Crippen LogP contribution is -2.60. The molecule has 0 bridgehead atoms. The molecule has 91 heavy (non-hydrogen) atoms. The molecule has 0 N–H and O–H groups in total. The summed E-state index contributed by atoms with van der Waals surface area (Å²) < 4.78 is 0. The van der Waals surface area contributed by atoms with Crippen molar-refractivity contribution < 1.29 is 0 Å². The molecule has 0 spiro atoms. The minimum atomic E-state index is -0.115. The molecule has 3 nitrogen and oxygen atoms in total. The van der Waals surface area contributed by atoms with Gasteiger partial charge in [-0.2, -0.15) is 0 Å². The number of para-hydroxylation sites is 3. The highest BCUT2D eigenvalue weighted by atomic mass is 32.2. The number of nitrogens with zero attached hydrogens (tertiary/aromatic N) is 3. The van der Waals surface area contributed by atoms with Gasteiger partial charge in [-0.15, -0.1) is 0 Å². The molecule has 0 radical (unpaired) electrons. The first-order valence-electron chi connectivity index (χ1n) is 31.4. The van der Waals surface area contributed by atoms with E-state index in [1.165, 1.54) is 108 Å². The van der Waals surface area contributed by atoms with Gasteiger partial charge in [-0.05, 0) is 183 Å². The molecular formula is C86H54BN3S. The summed E-state index contributed by atoms with van der Waals surface area (Å²) in [6.07, 6.45) is 0. The Kier molecular flexibility index (Phi) is 11.7. The number of hydrogen-bond donors (Lipinski definition) is 0. The molecule has 0 amide bonds. The van der Waals surface area contributed by atoms with Crippen LogP contribution < -0.4 is 31.1 Å². The van der Waals surface area contributed by atoms with Crippen molar-refractivity contribution in [3.05, 3.63) is 328 Å². The molecule has 0 fully saturated rings. The number of anilines is 9. The van der Waals surface area contributed by atoms with E-state index in [4.69, 9.17) is 0 Å². The Hall–Kier alpha value is -11.4. The molecule has 17 aromatic rings. The van der Waals surface area contributed by atoms with Crippen molar-refractivity contribution in [1.29, 1.82) is 0 Å². The fourth-order valence-electron chi connectivity index (χ4n) is 15.3. The fourth-order valence-corrected chi connectivity index (χ4v) is 16.5. The van der Waals surface area contributed by atoms with Gasteiger partial charge in [0.2, 0.25) is 6.71 Å². The molecule has 2 aliphatic heterocycles. The van der Waals surface area contributed by atoms with E-state index in [1.807, 2.05) is 11.8 Å². The summed E-state index contributed by atoms with van der Waals surface area (Å²) in [6.45, 7) is -0.115. The van der Waals surface area contributed by atoms with Crippen molar-refractivity contribution >= 4 is 151 Å². The van der Waals surface area contributed by atoms with E-state index >= 15 is 0 Å². The van der Waals surface area contributed by atoms with Gasteiger partial charge in [0.05, 0.1) is 5.69 Å². The van der Waals surface area contributed by atoms with Gasteiger partial charge < -0.3 is 14.7 Å². The van der Waals surface area contributed by atoms with Crippen molar-refractivity contribution in [2.45, 2.75) is 9.79 Å². The van der Waals surface area contributed by atoms with Crippen LogP contribution in [0.4, 0.5) is 51.2 Å². The molecule has 5 heteroatoms. The average molecular weight is 1170 g/mol. The lowest BCUT2D eigenvalue weighted by Gasteiger charge is -2.42.